The van der Waals surface area contributed by atoms with Gasteiger partial charge in [-0.2, -0.15) is 0 Å². The van der Waals surface area contributed by atoms with E-state index in [4.69, 9.17) is 44.1 Å². The fourth-order valence-corrected chi connectivity index (χ4v) is 4.51. The average molecular weight is 459 g/mol. The van der Waals surface area contributed by atoms with Crippen molar-refractivity contribution >= 4 is 69.4 Å². The summed E-state index contributed by atoms with van der Waals surface area (Å²) in [6, 6.07) is 12.9. The first-order valence-corrected chi connectivity index (χ1v) is 9.99. The smallest absolute Gasteiger partial charge is 0.268 e. The minimum absolute atomic E-state index is 0.436. The van der Waals surface area contributed by atoms with E-state index in [0.29, 0.717) is 15.8 Å². The highest BCUT2D eigenvalue weighted by atomic mass is 127. The Balaban J connectivity index is 2.41. The quantitative estimate of drug-likeness (QED) is 0.354. The number of benzene rings is 2. The zero-order chi connectivity index (χ0) is 14.8. The van der Waals surface area contributed by atoms with Crippen molar-refractivity contribution in [2.45, 2.75) is 0 Å². The van der Waals surface area contributed by atoms with Gasteiger partial charge in [0.05, 0.1) is 10.0 Å². The fourth-order valence-electron chi connectivity index (χ4n) is 1.51. The molecule has 7 heteroatoms. The van der Waals surface area contributed by atoms with Crippen LogP contribution in [0.2, 0.25) is 10.0 Å². The van der Waals surface area contributed by atoms with Gasteiger partial charge in [0.2, 0.25) is 0 Å². The molecule has 2 rings (SSSR count). The van der Waals surface area contributed by atoms with Gasteiger partial charge in [-0.3, -0.25) is 0 Å². The van der Waals surface area contributed by atoms with Crippen LogP contribution in [-0.2, 0) is 16.3 Å². The van der Waals surface area contributed by atoms with Crippen LogP contribution in [0.3, 0.4) is 0 Å². The molecule has 20 heavy (non-hydrogen) atoms. The van der Waals surface area contributed by atoms with E-state index >= 15 is 0 Å². The van der Waals surface area contributed by atoms with Crippen LogP contribution in [0.15, 0.2) is 42.5 Å². The summed E-state index contributed by atoms with van der Waals surface area (Å²) < 4.78 is 12.2. The molecule has 0 saturated carbocycles. The number of halogens is 3. The lowest BCUT2D eigenvalue weighted by atomic mass is 10.3. The lowest BCUT2D eigenvalue weighted by molar-refractivity contribution is 0.402. The van der Waals surface area contributed by atoms with E-state index in [2.05, 4.69) is 22.6 Å². The van der Waals surface area contributed by atoms with Crippen LogP contribution < -0.4 is 9.83 Å². The molecule has 106 valence electrons. The summed E-state index contributed by atoms with van der Waals surface area (Å²) in [5.74, 6) is 0.436. The summed E-state index contributed by atoms with van der Waals surface area (Å²) >= 11 is 19.9. The van der Waals surface area contributed by atoms with Gasteiger partial charge in [0.15, 0.2) is 0 Å². The molecule has 2 aromatic carbocycles. The van der Waals surface area contributed by atoms with E-state index in [1.165, 1.54) is 7.11 Å². The SMILES string of the molecule is COP(=S)(Oc1cc(Cl)c(I)cc1Cl)c1ccccc1. The normalized spacial score (nSPS) is 13.8. The predicted octanol–water partition coefficient (Wildman–Crippen LogP) is 5.26. The van der Waals surface area contributed by atoms with Crippen LogP contribution in [0, 0.1) is 3.57 Å². The minimum Gasteiger partial charge on any atom is -0.439 e. The first-order valence-electron chi connectivity index (χ1n) is 5.52. The van der Waals surface area contributed by atoms with Crippen LogP contribution in [0.1, 0.15) is 0 Å². The van der Waals surface area contributed by atoms with E-state index < -0.39 is 6.49 Å². The monoisotopic (exact) mass is 458 g/mol. The van der Waals surface area contributed by atoms with Crippen LogP contribution in [0.25, 0.3) is 0 Å². The minimum atomic E-state index is -2.65. The van der Waals surface area contributed by atoms with Gasteiger partial charge in [-0.25, -0.2) is 0 Å². The predicted molar refractivity (Wildman–Crippen MR) is 97.2 cm³/mol. The lowest BCUT2D eigenvalue weighted by Gasteiger charge is -2.22. The highest BCUT2D eigenvalue weighted by Gasteiger charge is 2.23. The zero-order valence-corrected chi connectivity index (χ0v) is 15.7. The number of hydrogen-bond acceptors (Lipinski definition) is 3. The Bertz CT molecular complexity index is 667. The van der Waals surface area contributed by atoms with Gasteiger partial charge in [0.25, 0.3) is 6.49 Å². The second-order valence-corrected chi connectivity index (χ2v) is 9.28. The summed E-state index contributed by atoms with van der Waals surface area (Å²) in [4.78, 5) is 0. The second-order valence-electron chi connectivity index (χ2n) is 3.80. The first-order chi connectivity index (χ1) is 9.46. The van der Waals surface area contributed by atoms with E-state index in [1.54, 1.807) is 12.1 Å². The molecule has 0 heterocycles. The summed E-state index contributed by atoms with van der Waals surface area (Å²) in [6.07, 6.45) is 0. The molecule has 2 aromatic rings. The number of rotatable bonds is 4. The van der Waals surface area contributed by atoms with Crippen molar-refractivity contribution < 1.29 is 9.05 Å². The fraction of sp³-hybridized carbons (Fsp3) is 0.0769. The summed E-state index contributed by atoms with van der Waals surface area (Å²) in [6.45, 7) is -2.65. The molecular formula is C13H10Cl2IO2PS. The van der Waals surface area contributed by atoms with Crippen LogP contribution in [0.5, 0.6) is 5.75 Å². The Morgan fingerprint density at radius 1 is 1.10 bits per heavy atom. The molecule has 0 fully saturated rings. The molecule has 0 amide bonds. The third kappa shape index (κ3) is 3.67. The van der Waals surface area contributed by atoms with Crippen molar-refractivity contribution in [3.05, 3.63) is 56.1 Å². The van der Waals surface area contributed by atoms with E-state index in [1.807, 2.05) is 30.3 Å². The van der Waals surface area contributed by atoms with Crippen molar-refractivity contribution in [1.82, 2.24) is 0 Å². The third-order valence-electron chi connectivity index (χ3n) is 2.51. The second kappa shape index (κ2) is 6.95. The van der Waals surface area contributed by atoms with E-state index in [0.717, 1.165) is 8.87 Å². The van der Waals surface area contributed by atoms with Crippen molar-refractivity contribution in [2.75, 3.05) is 7.11 Å². The van der Waals surface area contributed by atoms with Gasteiger partial charge in [-0.05, 0) is 52.6 Å². The molecule has 0 aliphatic carbocycles. The zero-order valence-electron chi connectivity index (χ0n) is 10.3. The molecule has 0 aromatic heterocycles. The van der Waals surface area contributed by atoms with Gasteiger partial charge in [0, 0.05) is 22.1 Å². The first kappa shape index (κ1) is 16.5. The van der Waals surface area contributed by atoms with Gasteiger partial charge in [-0.15, -0.1) is 0 Å². The Morgan fingerprint density at radius 2 is 1.75 bits per heavy atom. The van der Waals surface area contributed by atoms with Crippen LogP contribution >= 0.6 is 52.3 Å². The molecule has 0 N–H and O–H groups in total. The Labute approximate surface area is 146 Å². The molecule has 0 aliphatic heterocycles. The maximum absolute atomic E-state index is 6.18. The van der Waals surface area contributed by atoms with E-state index in [9.17, 15) is 0 Å². The Hall–Kier alpha value is 0.160. The standard InChI is InChI=1S/C13H10Cl2IO2PS/c1-17-19(20,9-5-3-2-4-6-9)18-13-8-10(14)12(16)7-11(13)15/h2-8H,1H3. The van der Waals surface area contributed by atoms with Crippen LogP contribution in [0.4, 0.5) is 0 Å². The van der Waals surface area contributed by atoms with Gasteiger partial charge in [-0.1, -0.05) is 41.4 Å². The molecule has 0 spiro atoms. The van der Waals surface area contributed by atoms with Crippen molar-refractivity contribution in [3.8, 4) is 5.75 Å². The molecule has 0 bridgehead atoms. The maximum Gasteiger partial charge on any atom is 0.268 e. The largest absolute Gasteiger partial charge is 0.439 e. The third-order valence-corrected chi connectivity index (χ3v) is 7.48. The molecule has 0 saturated heterocycles. The summed E-state index contributed by atoms with van der Waals surface area (Å²) in [5, 5.41) is 1.85. The average Bonchev–Trinajstić information content (AvgIpc) is 2.45. The van der Waals surface area contributed by atoms with Crippen LogP contribution in [-0.4, -0.2) is 7.11 Å². The van der Waals surface area contributed by atoms with Crippen molar-refractivity contribution in [1.29, 1.82) is 0 Å². The highest BCUT2D eigenvalue weighted by Crippen LogP contribution is 2.49. The van der Waals surface area contributed by atoms with Gasteiger partial charge in [0.1, 0.15) is 5.75 Å². The molecule has 0 aliphatic rings. The topological polar surface area (TPSA) is 18.5 Å². The lowest BCUT2D eigenvalue weighted by Crippen LogP contribution is -2.10. The van der Waals surface area contributed by atoms with Gasteiger partial charge >= 0.3 is 0 Å². The molecule has 1 unspecified atom stereocenters. The Morgan fingerprint density at radius 3 is 2.35 bits per heavy atom. The summed E-state index contributed by atoms with van der Waals surface area (Å²) in [5.41, 5.74) is 0. The molecule has 1 atom stereocenters. The highest BCUT2D eigenvalue weighted by molar-refractivity contribution is 14.1. The molecule has 2 nitrogen and oxygen atoms in total. The maximum atomic E-state index is 6.18. The molecular weight excluding hydrogens is 449 g/mol. The van der Waals surface area contributed by atoms with E-state index in [-0.39, 0.29) is 0 Å². The van der Waals surface area contributed by atoms with Crippen molar-refractivity contribution in [3.63, 3.8) is 0 Å². The molecule has 0 radical (unpaired) electrons. The van der Waals surface area contributed by atoms with Gasteiger partial charge < -0.3 is 9.05 Å². The Kier molecular flexibility index (Phi) is 5.74. The van der Waals surface area contributed by atoms with Crippen molar-refractivity contribution in [2.24, 2.45) is 0 Å². The number of hydrogen-bond donors (Lipinski definition) is 0. The summed E-state index contributed by atoms with van der Waals surface area (Å²) in [7, 11) is 1.54.